The van der Waals surface area contributed by atoms with Crippen molar-refractivity contribution in [3.63, 3.8) is 0 Å². The van der Waals surface area contributed by atoms with Gasteiger partial charge in [0.15, 0.2) is 5.82 Å². The summed E-state index contributed by atoms with van der Waals surface area (Å²) in [5.74, 6) is -0.140. The Morgan fingerprint density at radius 1 is 1.57 bits per heavy atom. The summed E-state index contributed by atoms with van der Waals surface area (Å²) in [4.78, 5) is 3.75. The van der Waals surface area contributed by atoms with E-state index in [-0.39, 0.29) is 11.8 Å². The van der Waals surface area contributed by atoms with Crippen LogP contribution < -0.4 is 5.73 Å². The van der Waals surface area contributed by atoms with E-state index in [1.807, 2.05) is 6.92 Å². The molecule has 14 heavy (non-hydrogen) atoms. The van der Waals surface area contributed by atoms with Gasteiger partial charge in [0.1, 0.15) is 5.52 Å². The van der Waals surface area contributed by atoms with E-state index in [1.54, 1.807) is 0 Å². The molecule has 0 aliphatic carbocycles. The standard InChI is InChI=1S/C9H11FN4/c1-2-3-6-4-7(10)8-5-12-9(11)13-14(6)8/h4-5H,2-3H2,1H3,(H2,11,13). The molecule has 0 saturated carbocycles. The Kier molecular flexibility index (Phi) is 2.07. The van der Waals surface area contributed by atoms with Crippen molar-refractivity contribution >= 4 is 11.5 Å². The quantitative estimate of drug-likeness (QED) is 0.786. The van der Waals surface area contributed by atoms with Crippen molar-refractivity contribution in [3.05, 3.63) is 23.8 Å². The molecule has 0 aliphatic heterocycles. The number of fused-ring (bicyclic) bond motifs is 1. The van der Waals surface area contributed by atoms with Gasteiger partial charge in [-0.3, -0.25) is 0 Å². The minimum absolute atomic E-state index is 0.158. The van der Waals surface area contributed by atoms with Gasteiger partial charge in [0.05, 0.1) is 6.20 Å². The molecule has 0 radical (unpaired) electrons. The number of rotatable bonds is 2. The van der Waals surface area contributed by atoms with Gasteiger partial charge in [0, 0.05) is 5.69 Å². The highest BCUT2D eigenvalue weighted by atomic mass is 19.1. The molecule has 0 fully saturated rings. The Hall–Kier alpha value is -1.65. The highest BCUT2D eigenvalue weighted by Gasteiger charge is 2.09. The largest absolute Gasteiger partial charge is 0.367 e. The average Bonchev–Trinajstić information content (AvgIpc) is 2.44. The molecule has 0 aromatic carbocycles. The van der Waals surface area contributed by atoms with Crippen LogP contribution in [-0.2, 0) is 6.42 Å². The predicted molar refractivity (Wildman–Crippen MR) is 51.4 cm³/mol. The summed E-state index contributed by atoms with van der Waals surface area (Å²) < 4.78 is 14.8. The molecule has 0 bridgehead atoms. The number of hydrogen-bond acceptors (Lipinski definition) is 3. The maximum Gasteiger partial charge on any atom is 0.238 e. The predicted octanol–water partition coefficient (Wildman–Crippen LogP) is 1.40. The molecule has 4 nitrogen and oxygen atoms in total. The van der Waals surface area contributed by atoms with Crippen LogP contribution in [0.15, 0.2) is 12.3 Å². The Balaban J connectivity index is 2.66. The molecule has 2 N–H and O–H groups in total. The third-order valence-electron chi connectivity index (χ3n) is 2.07. The van der Waals surface area contributed by atoms with Crippen LogP contribution in [-0.4, -0.2) is 14.6 Å². The third-order valence-corrected chi connectivity index (χ3v) is 2.07. The molecule has 2 aromatic rings. The molecular formula is C9H11FN4. The van der Waals surface area contributed by atoms with Crippen LogP contribution >= 0.6 is 0 Å². The van der Waals surface area contributed by atoms with Crippen LogP contribution in [0.2, 0.25) is 0 Å². The second kappa shape index (κ2) is 3.25. The van der Waals surface area contributed by atoms with Crippen LogP contribution in [0.25, 0.3) is 5.52 Å². The summed E-state index contributed by atoms with van der Waals surface area (Å²) in [7, 11) is 0. The maximum atomic E-state index is 13.3. The number of halogens is 1. The van der Waals surface area contributed by atoms with Crippen molar-refractivity contribution in [1.82, 2.24) is 14.6 Å². The molecule has 2 aromatic heterocycles. The summed E-state index contributed by atoms with van der Waals surface area (Å²) in [5.41, 5.74) is 6.64. The van der Waals surface area contributed by atoms with Gasteiger partial charge in [-0.1, -0.05) is 13.3 Å². The van der Waals surface area contributed by atoms with Crippen molar-refractivity contribution in [3.8, 4) is 0 Å². The number of nitrogens with two attached hydrogens (primary N) is 1. The van der Waals surface area contributed by atoms with Gasteiger partial charge in [-0.15, -0.1) is 5.10 Å². The molecule has 0 aliphatic rings. The Labute approximate surface area is 80.6 Å². The van der Waals surface area contributed by atoms with Gasteiger partial charge in [-0.05, 0) is 12.5 Å². The molecular weight excluding hydrogens is 183 g/mol. The van der Waals surface area contributed by atoms with Crippen molar-refractivity contribution in [1.29, 1.82) is 0 Å². The van der Waals surface area contributed by atoms with Crippen molar-refractivity contribution in [2.24, 2.45) is 0 Å². The maximum absolute atomic E-state index is 13.3. The van der Waals surface area contributed by atoms with Crippen molar-refractivity contribution < 1.29 is 4.39 Å². The monoisotopic (exact) mass is 194 g/mol. The fourth-order valence-corrected chi connectivity index (χ4v) is 1.46. The highest BCUT2D eigenvalue weighted by Crippen LogP contribution is 2.15. The zero-order chi connectivity index (χ0) is 10.1. The lowest BCUT2D eigenvalue weighted by Crippen LogP contribution is -2.03. The summed E-state index contributed by atoms with van der Waals surface area (Å²) >= 11 is 0. The molecule has 0 saturated heterocycles. The Bertz CT molecular complexity index is 463. The molecule has 74 valence electrons. The highest BCUT2D eigenvalue weighted by molar-refractivity contribution is 5.49. The van der Waals surface area contributed by atoms with Gasteiger partial charge in [-0.25, -0.2) is 13.9 Å². The minimum Gasteiger partial charge on any atom is -0.367 e. The Morgan fingerprint density at radius 3 is 3.07 bits per heavy atom. The van der Waals surface area contributed by atoms with E-state index < -0.39 is 0 Å². The first-order chi connectivity index (χ1) is 6.72. The van der Waals surface area contributed by atoms with Crippen LogP contribution in [0, 0.1) is 5.82 Å². The molecule has 0 unspecified atom stereocenters. The second-order valence-corrected chi connectivity index (χ2v) is 3.15. The van der Waals surface area contributed by atoms with Gasteiger partial charge in [0.25, 0.3) is 0 Å². The average molecular weight is 194 g/mol. The molecule has 0 amide bonds. The van der Waals surface area contributed by atoms with E-state index in [0.717, 1.165) is 18.5 Å². The van der Waals surface area contributed by atoms with E-state index in [1.165, 1.54) is 16.8 Å². The summed E-state index contributed by atoms with van der Waals surface area (Å²) in [6.07, 6.45) is 3.12. The van der Waals surface area contributed by atoms with E-state index in [9.17, 15) is 4.39 Å². The molecule has 5 heteroatoms. The van der Waals surface area contributed by atoms with Crippen molar-refractivity contribution in [2.45, 2.75) is 19.8 Å². The van der Waals surface area contributed by atoms with Gasteiger partial charge in [0.2, 0.25) is 5.95 Å². The minimum atomic E-state index is -0.298. The lowest BCUT2D eigenvalue weighted by molar-refractivity contribution is 0.638. The molecule has 2 rings (SSSR count). The zero-order valence-corrected chi connectivity index (χ0v) is 7.87. The van der Waals surface area contributed by atoms with E-state index >= 15 is 0 Å². The van der Waals surface area contributed by atoms with Crippen LogP contribution in [0.5, 0.6) is 0 Å². The number of nitrogens with zero attached hydrogens (tertiary/aromatic N) is 3. The fourth-order valence-electron chi connectivity index (χ4n) is 1.46. The van der Waals surface area contributed by atoms with Gasteiger partial charge < -0.3 is 5.73 Å². The first-order valence-corrected chi connectivity index (χ1v) is 4.51. The van der Waals surface area contributed by atoms with Gasteiger partial charge in [-0.2, -0.15) is 0 Å². The number of hydrogen-bond donors (Lipinski definition) is 1. The topological polar surface area (TPSA) is 56.2 Å². The lowest BCUT2D eigenvalue weighted by atomic mass is 10.2. The van der Waals surface area contributed by atoms with E-state index in [2.05, 4.69) is 10.1 Å². The molecule has 0 atom stereocenters. The Morgan fingerprint density at radius 2 is 2.36 bits per heavy atom. The second-order valence-electron chi connectivity index (χ2n) is 3.15. The first-order valence-electron chi connectivity index (χ1n) is 4.51. The van der Waals surface area contributed by atoms with E-state index in [0.29, 0.717) is 5.52 Å². The van der Waals surface area contributed by atoms with Crippen LogP contribution in [0.4, 0.5) is 10.3 Å². The normalized spacial score (nSPS) is 11.0. The third kappa shape index (κ3) is 1.30. The summed E-state index contributed by atoms with van der Waals surface area (Å²) in [5, 5.41) is 3.96. The SMILES string of the molecule is CCCc1cc(F)c2cnc(N)nn12. The fraction of sp³-hybridized carbons (Fsp3) is 0.333. The van der Waals surface area contributed by atoms with Gasteiger partial charge >= 0.3 is 0 Å². The molecule has 0 spiro atoms. The smallest absolute Gasteiger partial charge is 0.238 e. The van der Waals surface area contributed by atoms with Crippen molar-refractivity contribution in [2.75, 3.05) is 5.73 Å². The van der Waals surface area contributed by atoms with Crippen LogP contribution in [0.3, 0.4) is 0 Å². The number of aryl methyl sites for hydroxylation is 1. The summed E-state index contributed by atoms with van der Waals surface area (Å²) in [6, 6.07) is 1.48. The number of aromatic nitrogens is 3. The van der Waals surface area contributed by atoms with E-state index in [4.69, 9.17) is 5.73 Å². The number of nitrogen functional groups attached to an aromatic ring is 1. The summed E-state index contributed by atoms with van der Waals surface area (Å²) in [6.45, 7) is 2.03. The zero-order valence-electron chi connectivity index (χ0n) is 7.87. The van der Waals surface area contributed by atoms with Crippen LogP contribution in [0.1, 0.15) is 19.0 Å². The molecule has 2 heterocycles. The first kappa shape index (κ1) is 8.93. The lowest BCUT2D eigenvalue weighted by Gasteiger charge is -1.99. The number of anilines is 1.